The van der Waals surface area contributed by atoms with E-state index in [-0.39, 0.29) is 11.8 Å². The summed E-state index contributed by atoms with van der Waals surface area (Å²) in [4.78, 5) is 29.2. The Bertz CT molecular complexity index is 1170. The minimum absolute atomic E-state index is 0.255. The molecule has 5 heteroatoms. The third kappa shape index (κ3) is 4.30. The van der Waals surface area contributed by atoms with Gasteiger partial charge in [0.2, 0.25) is 0 Å². The maximum atomic E-state index is 12.7. The molecular formula is C24H19N3O2. The van der Waals surface area contributed by atoms with E-state index in [4.69, 9.17) is 0 Å². The number of carbonyl (C=O) groups excluding carboxylic acids is 2. The van der Waals surface area contributed by atoms with Gasteiger partial charge in [0.15, 0.2) is 0 Å². The van der Waals surface area contributed by atoms with Crippen molar-refractivity contribution in [1.82, 2.24) is 10.3 Å². The Hall–Kier alpha value is -3.99. The quantitative estimate of drug-likeness (QED) is 0.538. The molecule has 4 aromatic rings. The number of carbonyl (C=O) groups is 2. The van der Waals surface area contributed by atoms with Crippen molar-refractivity contribution in [3.05, 3.63) is 108 Å². The molecule has 0 aliphatic heterocycles. The summed E-state index contributed by atoms with van der Waals surface area (Å²) in [6.07, 6.45) is 1.55. The summed E-state index contributed by atoms with van der Waals surface area (Å²) in [6, 6.07) is 26.2. The van der Waals surface area contributed by atoms with E-state index in [1.54, 1.807) is 48.7 Å². The number of rotatable bonds is 5. The van der Waals surface area contributed by atoms with E-state index in [1.807, 2.05) is 30.3 Å². The molecule has 0 aliphatic rings. The maximum Gasteiger partial charge on any atom is 0.274 e. The van der Waals surface area contributed by atoms with E-state index < -0.39 is 0 Å². The summed E-state index contributed by atoms with van der Waals surface area (Å²) in [5.74, 6) is -0.615. The standard InChI is InChI=1S/C24H19N3O2/c28-23(26-16-17-12-13-18-7-1-2-8-19(18)15-17)20-9-3-4-10-21(20)27-24(29)22-11-5-6-14-25-22/h1-15H,16H2,(H,26,28)(H,27,29). The van der Waals surface area contributed by atoms with Crippen LogP contribution >= 0.6 is 0 Å². The Morgan fingerprint density at radius 1 is 0.759 bits per heavy atom. The van der Waals surface area contributed by atoms with Crippen molar-refractivity contribution >= 4 is 28.3 Å². The van der Waals surface area contributed by atoms with E-state index >= 15 is 0 Å². The molecule has 0 fully saturated rings. The highest BCUT2D eigenvalue weighted by Gasteiger charge is 2.14. The first kappa shape index (κ1) is 18.4. The average molecular weight is 381 g/mol. The summed E-state index contributed by atoms with van der Waals surface area (Å²) in [6.45, 7) is 0.395. The number of para-hydroxylation sites is 1. The van der Waals surface area contributed by atoms with Crippen LogP contribution in [-0.4, -0.2) is 16.8 Å². The van der Waals surface area contributed by atoms with Crippen molar-refractivity contribution in [3.63, 3.8) is 0 Å². The Balaban J connectivity index is 1.47. The largest absolute Gasteiger partial charge is 0.348 e. The molecule has 142 valence electrons. The summed E-state index contributed by atoms with van der Waals surface area (Å²) >= 11 is 0. The molecule has 0 saturated heterocycles. The molecule has 1 aromatic heterocycles. The fourth-order valence-electron chi connectivity index (χ4n) is 3.10. The molecule has 1 heterocycles. The van der Waals surface area contributed by atoms with E-state index in [0.29, 0.717) is 23.5 Å². The Morgan fingerprint density at radius 3 is 2.34 bits per heavy atom. The lowest BCUT2D eigenvalue weighted by molar-refractivity contribution is 0.0952. The molecule has 0 radical (unpaired) electrons. The molecule has 0 unspecified atom stereocenters. The highest BCUT2D eigenvalue weighted by atomic mass is 16.2. The van der Waals surface area contributed by atoms with Crippen LogP contribution in [-0.2, 0) is 6.54 Å². The molecule has 2 amide bonds. The Kier molecular flexibility index (Phi) is 5.29. The Labute approximate surface area is 168 Å². The van der Waals surface area contributed by atoms with Crippen LogP contribution in [0.5, 0.6) is 0 Å². The van der Waals surface area contributed by atoms with Crippen molar-refractivity contribution in [2.45, 2.75) is 6.54 Å². The van der Waals surface area contributed by atoms with Gasteiger partial charge in [-0.15, -0.1) is 0 Å². The van der Waals surface area contributed by atoms with E-state index in [2.05, 4.69) is 27.8 Å². The highest BCUT2D eigenvalue weighted by molar-refractivity contribution is 6.08. The number of aromatic nitrogens is 1. The lowest BCUT2D eigenvalue weighted by Crippen LogP contribution is -2.25. The van der Waals surface area contributed by atoms with Gasteiger partial charge in [0.05, 0.1) is 11.3 Å². The minimum Gasteiger partial charge on any atom is -0.348 e. The van der Waals surface area contributed by atoms with Crippen LogP contribution in [0, 0.1) is 0 Å². The zero-order valence-electron chi connectivity index (χ0n) is 15.6. The molecule has 5 nitrogen and oxygen atoms in total. The lowest BCUT2D eigenvalue weighted by atomic mass is 10.1. The number of amides is 2. The van der Waals surface area contributed by atoms with Crippen LogP contribution in [0.3, 0.4) is 0 Å². The van der Waals surface area contributed by atoms with Gasteiger partial charge < -0.3 is 10.6 Å². The van der Waals surface area contributed by atoms with Gasteiger partial charge in [-0.05, 0) is 46.7 Å². The van der Waals surface area contributed by atoms with Gasteiger partial charge in [0, 0.05) is 12.7 Å². The van der Waals surface area contributed by atoms with Crippen LogP contribution in [0.2, 0.25) is 0 Å². The number of fused-ring (bicyclic) bond motifs is 1. The SMILES string of the molecule is O=C(Nc1ccccc1C(=O)NCc1ccc2ccccc2c1)c1ccccn1. The van der Waals surface area contributed by atoms with Crippen molar-refractivity contribution in [1.29, 1.82) is 0 Å². The van der Waals surface area contributed by atoms with Crippen molar-refractivity contribution < 1.29 is 9.59 Å². The van der Waals surface area contributed by atoms with Crippen LogP contribution in [0.15, 0.2) is 91.1 Å². The van der Waals surface area contributed by atoms with E-state index in [0.717, 1.165) is 16.3 Å². The third-order valence-corrected chi connectivity index (χ3v) is 4.58. The summed E-state index contributed by atoms with van der Waals surface area (Å²) < 4.78 is 0. The fraction of sp³-hybridized carbons (Fsp3) is 0.0417. The van der Waals surface area contributed by atoms with Crippen molar-refractivity contribution in [3.8, 4) is 0 Å². The summed E-state index contributed by atoms with van der Waals surface area (Å²) in [7, 11) is 0. The maximum absolute atomic E-state index is 12.7. The number of nitrogens with zero attached hydrogens (tertiary/aromatic N) is 1. The van der Waals surface area contributed by atoms with Gasteiger partial charge in [0.25, 0.3) is 11.8 Å². The molecule has 0 spiro atoms. The van der Waals surface area contributed by atoms with Crippen LogP contribution in [0.4, 0.5) is 5.69 Å². The average Bonchev–Trinajstić information content (AvgIpc) is 2.78. The number of nitrogens with one attached hydrogen (secondary N) is 2. The molecule has 0 atom stereocenters. The molecule has 4 rings (SSSR count). The number of hydrogen-bond acceptors (Lipinski definition) is 3. The topological polar surface area (TPSA) is 71.1 Å². The first-order valence-corrected chi connectivity index (χ1v) is 9.28. The first-order valence-electron chi connectivity index (χ1n) is 9.28. The summed E-state index contributed by atoms with van der Waals surface area (Å²) in [5, 5.41) is 7.98. The predicted octanol–water partition coefficient (Wildman–Crippen LogP) is 4.42. The second kappa shape index (κ2) is 8.35. The molecule has 0 saturated carbocycles. The van der Waals surface area contributed by atoms with Crippen LogP contribution < -0.4 is 10.6 Å². The van der Waals surface area contributed by atoms with Gasteiger partial charge in [-0.1, -0.05) is 54.6 Å². The molecular weight excluding hydrogens is 362 g/mol. The smallest absolute Gasteiger partial charge is 0.274 e. The molecule has 0 aliphatic carbocycles. The number of benzene rings is 3. The fourth-order valence-corrected chi connectivity index (χ4v) is 3.10. The third-order valence-electron chi connectivity index (χ3n) is 4.58. The highest BCUT2D eigenvalue weighted by Crippen LogP contribution is 2.18. The van der Waals surface area contributed by atoms with Gasteiger partial charge in [-0.25, -0.2) is 0 Å². The second-order valence-electron chi connectivity index (χ2n) is 6.58. The molecule has 3 aromatic carbocycles. The summed E-state index contributed by atoms with van der Waals surface area (Å²) in [5.41, 5.74) is 2.14. The molecule has 0 bridgehead atoms. The lowest BCUT2D eigenvalue weighted by Gasteiger charge is -2.11. The number of anilines is 1. The molecule has 2 N–H and O–H groups in total. The minimum atomic E-state index is -0.361. The van der Waals surface area contributed by atoms with Gasteiger partial charge in [0.1, 0.15) is 5.69 Å². The molecule has 29 heavy (non-hydrogen) atoms. The van der Waals surface area contributed by atoms with Crippen molar-refractivity contribution in [2.24, 2.45) is 0 Å². The Morgan fingerprint density at radius 2 is 1.52 bits per heavy atom. The normalized spacial score (nSPS) is 10.5. The predicted molar refractivity (Wildman–Crippen MR) is 114 cm³/mol. The van der Waals surface area contributed by atoms with Gasteiger partial charge in [-0.3, -0.25) is 14.6 Å². The number of pyridine rings is 1. The van der Waals surface area contributed by atoms with Crippen LogP contribution in [0.1, 0.15) is 26.4 Å². The monoisotopic (exact) mass is 381 g/mol. The van der Waals surface area contributed by atoms with E-state index in [1.165, 1.54) is 0 Å². The van der Waals surface area contributed by atoms with Gasteiger partial charge >= 0.3 is 0 Å². The second-order valence-corrected chi connectivity index (χ2v) is 6.58. The zero-order valence-corrected chi connectivity index (χ0v) is 15.6. The van der Waals surface area contributed by atoms with E-state index in [9.17, 15) is 9.59 Å². The number of hydrogen-bond donors (Lipinski definition) is 2. The van der Waals surface area contributed by atoms with Gasteiger partial charge in [-0.2, -0.15) is 0 Å². The first-order chi connectivity index (χ1) is 14.2. The van der Waals surface area contributed by atoms with Crippen molar-refractivity contribution in [2.75, 3.05) is 5.32 Å². The zero-order chi connectivity index (χ0) is 20.1. The van der Waals surface area contributed by atoms with Crippen LogP contribution in [0.25, 0.3) is 10.8 Å².